The summed E-state index contributed by atoms with van der Waals surface area (Å²) in [6.45, 7) is 2.50. The molecule has 0 aromatic heterocycles. The van der Waals surface area contributed by atoms with Gasteiger partial charge in [-0.15, -0.1) is 0 Å². The summed E-state index contributed by atoms with van der Waals surface area (Å²) in [5, 5.41) is 13.5. The summed E-state index contributed by atoms with van der Waals surface area (Å²) in [6.07, 6.45) is 23.2. The van der Waals surface area contributed by atoms with E-state index in [1.165, 1.54) is 96.3 Å². The molecule has 1 N–H and O–H groups in total. The van der Waals surface area contributed by atoms with Crippen LogP contribution in [0, 0.1) is 0 Å². The molecule has 0 aliphatic heterocycles. The lowest BCUT2D eigenvalue weighted by Gasteiger charge is -2.29. The zero-order valence-electron chi connectivity index (χ0n) is 20.3. The second-order valence-electron chi connectivity index (χ2n) is 9.63. The molecule has 0 aromatic rings. The van der Waals surface area contributed by atoms with Gasteiger partial charge in [0, 0.05) is 6.42 Å². The van der Waals surface area contributed by atoms with E-state index in [1.54, 1.807) is 14.1 Å². The number of likely N-dealkylation sites (N-methyl/N-ethyl adjacent to an activating group) is 1. The van der Waals surface area contributed by atoms with Crippen molar-refractivity contribution in [2.24, 2.45) is 0 Å². The van der Waals surface area contributed by atoms with Crippen molar-refractivity contribution in [2.75, 3.05) is 27.3 Å². The van der Waals surface area contributed by atoms with Crippen molar-refractivity contribution in [1.82, 2.24) is 5.32 Å². The Labute approximate surface area is 186 Å². The highest BCUT2D eigenvalue weighted by Crippen LogP contribution is 2.14. The molecule has 0 fully saturated rings. The van der Waals surface area contributed by atoms with E-state index < -0.39 is 5.97 Å². The number of carboxylic acids is 1. The summed E-state index contributed by atoms with van der Waals surface area (Å²) in [5.74, 6) is -1.08. The number of hydrogen-bond acceptors (Lipinski definition) is 3. The largest absolute Gasteiger partial charge is 0.544 e. The summed E-state index contributed by atoms with van der Waals surface area (Å²) in [5.41, 5.74) is 0. The molecule has 0 aliphatic rings. The number of carboxylic acid groups (broad SMARTS) is 1. The molecule has 0 spiro atoms. The fourth-order valence-electron chi connectivity index (χ4n) is 3.81. The highest BCUT2D eigenvalue weighted by Gasteiger charge is 2.16. The Morgan fingerprint density at radius 3 is 1.40 bits per heavy atom. The van der Waals surface area contributed by atoms with Crippen LogP contribution >= 0.6 is 0 Å². The first-order chi connectivity index (χ1) is 14.4. The van der Waals surface area contributed by atoms with E-state index in [0.717, 1.165) is 12.8 Å². The van der Waals surface area contributed by atoms with Crippen LogP contribution in [0.4, 0.5) is 0 Å². The predicted molar refractivity (Wildman–Crippen MR) is 124 cm³/mol. The number of amides is 1. The molecule has 0 radical (unpaired) electrons. The molecule has 0 bridgehead atoms. The Bertz CT molecular complexity index is 425. The minimum Gasteiger partial charge on any atom is -0.544 e. The molecular formula is C25H50N2O3. The van der Waals surface area contributed by atoms with Crippen molar-refractivity contribution in [3.05, 3.63) is 0 Å². The van der Waals surface area contributed by atoms with Gasteiger partial charge < -0.3 is 19.7 Å². The minimum atomic E-state index is -1.09. The Morgan fingerprint density at radius 2 is 1.03 bits per heavy atom. The summed E-state index contributed by atoms with van der Waals surface area (Å²) in [6, 6.07) is 0. The number of quaternary nitrogens is 1. The van der Waals surface area contributed by atoms with Crippen molar-refractivity contribution in [3.63, 3.8) is 0 Å². The first-order valence-corrected chi connectivity index (χ1v) is 12.7. The van der Waals surface area contributed by atoms with Gasteiger partial charge in [-0.05, 0) is 6.42 Å². The zero-order valence-corrected chi connectivity index (χ0v) is 20.3. The van der Waals surface area contributed by atoms with Crippen molar-refractivity contribution in [3.8, 4) is 0 Å². The van der Waals surface area contributed by atoms with Crippen LogP contribution in [0.15, 0.2) is 0 Å². The number of hydrogen-bond donors (Lipinski definition) is 1. The van der Waals surface area contributed by atoms with Gasteiger partial charge in [0.1, 0.15) is 6.54 Å². The third-order valence-electron chi connectivity index (χ3n) is 5.77. The van der Waals surface area contributed by atoms with Gasteiger partial charge in [-0.2, -0.15) is 0 Å². The smallest absolute Gasteiger partial charge is 0.224 e. The molecule has 0 aromatic carbocycles. The summed E-state index contributed by atoms with van der Waals surface area (Å²) in [4.78, 5) is 22.5. The molecule has 0 rings (SSSR count). The van der Waals surface area contributed by atoms with Crippen LogP contribution < -0.4 is 10.4 Å². The molecule has 178 valence electrons. The number of carbonyl (C=O) groups excluding carboxylic acids is 2. The minimum absolute atomic E-state index is 0.0144. The fourth-order valence-corrected chi connectivity index (χ4v) is 3.81. The van der Waals surface area contributed by atoms with Gasteiger partial charge in [-0.1, -0.05) is 110 Å². The maximum absolute atomic E-state index is 11.9. The summed E-state index contributed by atoms with van der Waals surface area (Å²) >= 11 is 0. The van der Waals surface area contributed by atoms with E-state index in [4.69, 9.17) is 0 Å². The maximum atomic E-state index is 11.9. The van der Waals surface area contributed by atoms with Crippen LogP contribution in [0.1, 0.15) is 122 Å². The molecule has 1 amide bonds. The van der Waals surface area contributed by atoms with Crippen LogP contribution in [-0.2, 0) is 9.59 Å². The molecule has 5 nitrogen and oxygen atoms in total. The van der Waals surface area contributed by atoms with Crippen LogP contribution in [0.3, 0.4) is 0 Å². The average Bonchev–Trinajstić information content (AvgIpc) is 2.68. The highest BCUT2D eigenvalue weighted by atomic mass is 16.4. The van der Waals surface area contributed by atoms with Crippen LogP contribution in [-0.4, -0.2) is 43.7 Å². The van der Waals surface area contributed by atoms with Crippen LogP contribution in [0.2, 0.25) is 0 Å². The number of nitrogens with zero attached hydrogens (tertiary/aromatic N) is 1. The van der Waals surface area contributed by atoms with E-state index >= 15 is 0 Å². The van der Waals surface area contributed by atoms with Gasteiger partial charge in [0.05, 0.1) is 20.1 Å². The zero-order chi connectivity index (χ0) is 22.5. The monoisotopic (exact) mass is 426 g/mol. The van der Waals surface area contributed by atoms with Crippen molar-refractivity contribution >= 4 is 11.9 Å². The molecule has 5 heteroatoms. The predicted octanol–water partition coefficient (Wildman–Crippen LogP) is 4.93. The second-order valence-corrected chi connectivity index (χ2v) is 9.63. The van der Waals surface area contributed by atoms with Crippen molar-refractivity contribution < 1.29 is 19.2 Å². The van der Waals surface area contributed by atoms with Gasteiger partial charge in [-0.3, -0.25) is 4.79 Å². The highest BCUT2D eigenvalue weighted by molar-refractivity contribution is 5.75. The lowest BCUT2D eigenvalue weighted by molar-refractivity contribution is -0.886. The number of rotatable bonds is 22. The summed E-state index contributed by atoms with van der Waals surface area (Å²) in [7, 11) is 3.54. The Balaban J connectivity index is 3.29. The van der Waals surface area contributed by atoms with Crippen molar-refractivity contribution in [1.29, 1.82) is 0 Å². The van der Waals surface area contributed by atoms with Crippen LogP contribution in [0.5, 0.6) is 0 Å². The van der Waals surface area contributed by atoms with Gasteiger partial charge in [0.2, 0.25) is 5.91 Å². The number of nitrogens with one attached hydrogen (secondary N) is 1. The Kier molecular flexibility index (Phi) is 19.1. The van der Waals surface area contributed by atoms with Gasteiger partial charge in [-0.25, -0.2) is 0 Å². The average molecular weight is 427 g/mol. The van der Waals surface area contributed by atoms with E-state index in [2.05, 4.69) is 12.2 Å². The molecular weight excluding hydrogens is 376 g/mol. The molecule has 0 unspecified atom stereocenters. The Hall–Kier alpha value is -1.10. The molecule has 0 saturated carbocycles. The van der Waals surface area contributed by atoms with Gasteiger partial charge in [0.15, 0.2) is 6.67 Å². The number of unbranched alkanes of at least 4 members (excludes halogenated alkanes) is 16. The lowest BCUT2D eigenvalue weighted by Crippen LogP contribution is -2.53. The van der Waals surface area contributed by atoms with E-state index in [1.807, 2.05) is 0 Å². The molecule has 0 saturated heterocycles. The SMILES string of the molecule is CCCCCCCCCCCCCCCCCCCC(=O)NC[N+](C)(C)CC(=O)[O-]. The van der Waals surface area contributed by atoms with Crippen LogP contribution in [0.25, 0.3) is 0 Å². The lowest BCUT2D eigenvalue weighted by atomic mass is 10.0. The van der Waals surface area contributed by atoms with Crippen molar-refractivity contribution in [2.45, 2.75) is 122 Å². The first-order valence-electron chi connectivity index (χ1n) is 12.7. The standard InChI is InChI=1S/C25H50N2O3/c1-4-5-6-7-8-9-10-11-12-13-14-15-16-17-18-19-20-21-24(28)26-23-27(2,3)22-25(29)30/h4-23H2,1-3H3,(H-,26,28,29,30). The Morgan fingerprint density at radius 1 is 0.667 bits per heavy atom. The fraction of sp³-hybridized carbons (Fsp3) is 0.920. The maximum Gasteiger partial charge on any atom is 0.224 e. The van der Waals surface area contributed by atoms with Gasteiger partial charge in [0.25, 0.3) is 0 Å². The quantitative estimate of drug-likeness (QED) is 0.152. The van der Waals surface area contributed by atoms with E-state index in [-0.39, 0.29) is 16.9 Å². The third kappa shape index (κ3) is 21.6. The number of aliphatic carboxylic acids is 1. The number of carbonyl (C=O) groups is 2. The molecule has 0 heterocycles. The van der Waals surface area contributed by atoms with E-state index in [0.29, 0.717) is 13.1 Å². The molecule has 30 heavy (non-hydrogen) atoms. The first kappa shape index (κ1) is 28.9. The second kappa shape index (κ2) is 19.8. The molecule has 0 aliphatic carbocycles. The molecule has 0 atom stereocenters. The van der Waals surface area contributed by atoms with E-state index in [9.17, 15) is 14.7 Å². The summed E-state index contributed by atoms with van der Waals surface area (Å²) < 4.78 is 0.202. The normalized spacial score (nSPS) is 11.6. The third-order valence-corrected chi connectivity index (χ3v) is 5.77. The van der Waals surface area contributed by atoms with Gasteiger partial charge >= 0.3 is 0 Å². The topological polar surface area (TPSA) is 69.2 Å².